The number of carbonyl (C=O) groups excluding carboxylic acids is 1. The Balaban J connectivity index is 2.13. The number of hydrogen-bond acceptors (Lipinski definition) is 2. The van der Waals surface area contributed by atoms with Gasteiger partial charge in [-0.05, 0) is 34.0 Å². The van der Waals surface area contributed by atoms with Gasteiger partial charge in [0.05, 0.1) is 15.9 Å². The highest BCUT2D eigenvalue weighted by Crippen LogP contribution is 2.23. The lowest BCUT2D eigenvalue weighted by Crippen LogP contribution is -2.10. The molecule has 2 rings (SSSR count). The minimum absolute atomic E-state index is 0.184. The first-order valence-electron chi connectivity index (χ1n) is 6.48. The first-order chi connectivity index (χ1) is 9.52. The van der Waals surface area contributed by atoms with Crippen molar-refractivity contribution < 1.29 is 4.79 Å². The van der Waals surface area contributed by atoms with Gasteiger partial charge in [-0.3, -0.25) is 9.48 Å². The number of halogens is 2. The van der Waals surface area contributed by atoms with Gasteiger partial charge in [-0.2, -0.15) is 5.10 Å². The van der Waals surface area contributed by atoms with Gasteiger partial charge in [0.1, 0.15) is 5.78 Å². The minimum Gasteiger partial charge on any atom is -0.299 e. The van der Waals surface area contributed by atoms with E-state index in [1.54, 1.807) is 4.68 Å². The van der Waals surface area contributed by atoms with Crippen LogP contribution in [0.2, 0.25) is 0 Å². The Kier molecular flexibility index (Phi) is 5.16. The molecule has 1 aromatic carbocycles. The third-order valence-electron chi connectivity index (χ3n) is 3.21. The number of nitrogens with zero attached hydrogens (tertiary/aromatic N) is 2. The van der Waals surface area contributed by atoms with Gasteiger partial charge in [0.25, 0.3) is 0 Å². The van der Waals surface area contributed by atoms with Crippen molar-refractivity contribution in [2.75, 3.05) is 0 Å². The van der Waals surface area contributed by atoms with Crippen molar-refractivity contribution in [3.63, 3.8) is 0 Å². The SMILES string of the molecule is CCc1nn(C)c(CC(=O)Cc2ccccc2Br)c1Br. The molecule has 0 saturated carbocycles. The third kappa shape index (κ3) is 3.38. The van der Waals surface area contributed by atoms with Gasteiger partial charge in [-0.25, -0.2) is 0 Å². The average molecular weight is 400 g/mol. The van der Waals surface area contributed by atoms with E-state index < -0.39 is 0 Å². The molecule has 1 heterocycles. The Morgan fingerprint density at radius 1 is 1.25 bits per heavy atom. The molecule has 0 saturated heterocycles. The van der Waals surface area contributed by atoms with E-state index in [0.29, 0.717) is 12.8 Å². The lowest BCUT2D eigenvalue weighted by molar-refractivity contribution is -0.117. The molecule has 0 amide bonds. The molecule has 0 aliphatic rings. The summed E-state index contributed by atoms with van der Waals surface area (Å²) in [5.41, 5.74) is 2.96. The maximum atomic E-state index is 12.3. The highest BCUT2D eigenvalue weighted by atomic mass is 79.9. The van der Waals surface area contributed by atoms with Crippen LogP contribution in [-0.4, -0.2) is 15.6 Å². The Bertz CT molecular complexity index is 635. The quantitative estimate of drug-likeness (QED) is 0.764. The number of benzene rings is 1. The van der Waals surface area contributed by atoms with Crippen molar-refractivity contribution in [3.05, 3.63) is 50.2 Å². The Morgan fingerprint density at radius 3 is 2.55 bits per heavy atom. The van der Waals surface area contributed by atoms with Gasteiger partial charge < -0.3 is 0 Å². The maximum Gasteiger partial charge on any atom is 0.143 e. The van der Waals surface area contributed by atoms with E-state index in [0.717, 1.165) is 32.3 Å². The number of rotatable bonds is 5. The van der Waals surface area contributed by atoms with Gasteiger partial charge in [0.2, 0.25) is 0 Å². The summed E-state index contributed by atoms with van der Waals surface area (Å²) in [6.45, 7) is 2.06. The van der Waals surface area contributed by atoms with Crippen molar-refractivity contribution >= 4 is 37.6 Å². The molecule has 0 aliphatic heterocycles. The van der Waals surface area contributed by atoms with Crippen LogP contribution in [0, 0.1) is 0 Å². The van der Waals surface area contributed by atoms with Gasteiger partial charge in [-0.15, -0.1) is 0 Å². The highest BCUT2D eigenvalue weighted by molar-refractivity contribution is 9.10. The average Bonchev–Trinajstić information content (AvgIpc) is 2.69. The fourth-order valence-corrected chi connectivity index (χ4v) is 3.30. The molecule has 0 atom stereocenters. The molecule has 5 heteroatoms. The van der Waals surface area contributed by atoms with Crippen LogP contribution in [0.5, 0.6) is 0 Å². The maximum absolute atomic E-state index is 12.3. The summed E-state index contributed by atoms with van der Waals surface area (Å²) in [5, 5.41) is 4.41. The molecule has 0 aliphatic carbocycles. The first-order valence-corrected chi connectivity index (χ1v) is 8.06. The standard InChI is InChI=1S/C15H16Br2N2O/c1-3-13-15(17)14(19(2)18-13)9-11(20)8-10-6-4-5-7-12(10)16/h4-7H,3,8-9H2,1-2H3. The summed E-state index contributed by atoms with van der Waals surface area (Å²) in [4.78, 5) is 12.3. The zero-order valence-corrected chi connectivity index (χ0v) is 14.7. The molecule has 0 spiro atoms. The largest absolute Gasteiger partial charge is 0.299 e. The molecule has 20 heavy (non-hydrogen) atoms. The molecule has 3 nitrogen and oxygen atoms in total. The van der Waals surface area contributed by atoms with E-state index in [2.05, 4.69) is 43.9 Å². The van der Waals surface area contributed by atoms with Crippen molar-refractivity contribution in [1.29, 1.82) is 0 Å². The van der Waals surface area contributed by atoms with Crippen LogP contribution in [0.4, 0.5) is 0 Å². The molecule has 0 N–H and O–H groups in total. The van der Waals surface area contributed by atoms with Gasteiger partial charge >= 0.3 is 0 Å². The van der Waals surface area contributed by atoms with Crippen LogP contribution in [0.1, 0.15) is 23.9 Å². The highest BCUT2D eigenvalue weighted by Gasteiger charge is 2.16. The summed E-state index contributed by atoms with van der Waals surface area (Å²) < 4.78 is 3.73. The summed E-state index contributed by atoms with van der Waals surface area (Å²) in [5.74, 6) is 0.184. The Hall–Kier alpha value is -0.940. The summed E-state index contributed by atoms with van der Waals surface area (Å²) in [7, 11) is 1.88. The van der Waals surface area contributed by atoms with Gasteiger partial charge in [-0.1, -0.05) is 41.1 Å². The van der Waals surface area contributed by atoms with Crippen molar-refractivity contribution in [2.24, 2.45) is 7.05 Å². The topological polar surface area (TPSA) is 34.9 Å². The second-order valence-corrected chi connectivity index (χ2v) is 6.32. The lowest BCUT2D eigenvalue weighted by atomic mass is 10.1. The number of Topliss-reactive ketones (excluding diaryl/α,β-unsaturated/α-hetero) is 1. The minimum atomic E-state index is 0.184. The van der Waals surface area contributed by atoms with E-state index in [1.165, 1.54) is 0 Å². The molecule has 2 aromatic rings. The van der Waals surface area contributed by atoms with Crippen LogP contribution in [0.3, 0.4) is 0 Å². The first kappa shape index (κ1) is 15.4. The molecule has 0 bridgehead atoms. The summed E-state index contributed by atoms with van der Waals surface area (Å²) >= 11 is 7.02. The fourth-order valence-electron chi connectivity index (χ4n) is 2.12. The predicted octanol–water partition coefficient (Wildman–Crippen LogP) is 3.86. The molecular weight excluding hydrogens is 384 g/mol. The van der Waals surface area contributed by atoms with Crippen LogP contribution in [-0.2, 0) is 31.1 Å². The monoisotopic (exact) mass is 398 g/mol. The molecule has 0 radical (unpaired) electrons. The van der Waals surface area contributed by atoms with E-state index in [1.807, 2.05) is 31.3 Å². The second kappa shape index (κ2) is 6.68. The zero-order valence-electron chi connectivity index (χ0n) is 11.5. The van der Waals surface area contributed by atoms with E-state index >= 15 is 0 Å². The van der Waals surface area contributed by atoms with E-state index in [-0.39, 0.29) is 5.78 Å². The van der Waals surface area contributed by atoms with Crippen LogP contribution in [0.25, 0.3) is 0 Å². The van der Waals surface area contributed by atoms with Crippen LogP contribution >= 0.6 is 31.9 Å². The second-order valence-electron chi connectivity index (χ2n) is 4.67. The number of aromatic nitrogens is 2. The third-order valence-corrected chi connectivity index (χ3v) is 4.90. The van der Waals surface area contributed by atoms with Crippen molar-refractivity contribution in [1.82, 2.24) is 9.78 Å². The number of aryl methyl sites for hydroxylation is 2. The molecule has 106 valence electrons. The molecule has 0 fully saturated rings. The number of carbonyl (C=O) groups is 1. The fraction of sp³-hybridized carbons (Fsp3) is 0.333. The van der Waals surface area contributed by atoms with Crippen molar-refractivity contribution in [2.45, 2.75) is 26.2 Å². The number of ketones is 1. The predicted molar refractivity (Wildman–Crippen MR) is 86.8 cm³/mol. The summed E-state index contributed by atoms with van der Waals surface area (Å²) in [6, 6.07) is 7.82. The van der Waals surface area contributed by atoms with E-state index in [4.69, 9.17) is 0 Å². The molecule has 1 aromatic heterocycles. The van der Waals surface area contributed by atoms with Gasteiger partial charge in [0.15, 0.2) is 0 Å². The molecular formula is C15H16Br2N2O. The lowest BCUT2D eigenvalue weighted by Gasteiger charge is -2.05. The normalized spacial score (nSPS) is 10.8. The van der Waals surface area contributed by atoms with Gasteiger partial charge in [0, 0.05) is 24.4 Å². The van der Waals surface area contributed by atoms with E-state index in [9.17, 15) is 4.79 Å². The van der Waals surface area contributed by atoms with Crippen molar-refractivity contribution in [3.8, 4) is 0 Å². The Morgan fingerprint density at radius 2 is 1.95 bits per heavy atom. The van der Waals surface area contributed by atoms with Crippen LogP contribution < -0.4 is 0 Å². The zero-order chi connectivity index (χ0) is 14.7. The van der Waals surface area contributed by atoms with Crippen LogP contribution in [0.15, 0.2) is 33.2 Å². The Labute approximate surface area is 135 Å². The number of hydrogen-bond donors (Lipinski definition) is 0. The smallest absolute Gasteiger partial charge is 0.143 e. The summed E-state index contributed by atoms with van der Waals surface area (Å²) in [6.07, 6.45) is 1.68. The molecule has 0 unspecified atom stereocenters.